The van der Waals surface area contributed by atoms with Crippen molar-refractivity contribution in [2.45, 2.75) is 84.2 Å². The second-order valence-corrected chi connectivity index (χ2v) is 10.6. The highest BCUT2D eigenvalue weighted by atomic mass is 19.4. The molecule has 3 rings (SSSR count). The highest BCUT2D eigenvalue weighted by molar-refractivity contribution is 6.05. The van der Waals surface area contributed by atoms with E-state index in [9.17, 15) is 37.5 Å². The monoisotopic (exact) mass is 570 g/mol. The maximum atomic E-state index is 14.4. The fourth-order valence-corrected chi connectivity index (χ4v) is 5.10. The summed E-state index contributed by atoms with van der Waals surface area (Å²) in [6, 6.07) is 0.665. The van der Waals surface area contributed by atoms with Crippen LogP contribution >= 0.6 is 0 Å². The summed E-state index contributed by atoms with van der Waals surface area (Å²) in [5, 5.41) is 12.1. The lowest BCUT2D eigenvalue weighted by atomic mass is 9.96. The molecule has 2 aliphatic rings. The molecule has 2 atom stereocenters. The Balaban J connectivity index is 2.12. The molecule has 4 amide bonds. The molecule has 1 saturated heterocycles. The van der Waals surface area contributed by atoms with Crippen molar-refractivity contribution < 1.29 is 42.2 Å². The Labute approximate surface area is 231 Å². The van der Waals surface area contributed by atoms with Gasteiger partial charge in [0.05, 0.1) is 22.9 Å². The Morgan fingerprint density at radius 3 is 2.50 bits per heavy atom. The minimum atomic E-state index is -4.92. The standard InChI is InChI=1S/C27H37F3N4O6/c1-6-16(3)34(17-9-8-11-32(15-17)25(38)39)23(36)18-13-20-21(14-19(18)27(28,29)30)40-26(4,5)24(37)33(20)12-10-31-22(35)7-2/h13-14,16-17H,6-12,15H2,1-5H3,(H,31,35)(H,38,39)/t16?,17-/m1/s1. The number of carboxylic acid groups (broad SMARTS) is 1. The molecule has 2 aliphatic heterocycles. The quantitative estimate of drug-likeness (QED) is 0.486. The lowest BCUT2D eigenvalue weighted by molar-refractivity contribution is -0.138. The first-order valence-corrected chi connectivity index (χ1v) is 13.5. The van der Waals surface area contributed by atoms with Gasteiger partial charge < -0.3 is 29.9 Å². The van der Waals surface area contributed by atoms with E-state index in [1.54, 1.807) is 20.8 Å². The Morgan fingerprint density at radius 1 is 1.25 bits per heavy atom. The minimum absolute atomic E-state index is 0.00803. The summed E-state index contributed by atoms with van der Waals surface area (Å²) in [6.45, 7) is 8.29. The zero-order chi connectivity index (χ0) is 30.0. The van der Waals surface area contributed by atoms with Crippen LogP contribution in [-0.2, 0) is 15.8 Å². The number of carbonyl (C=O) groups excluding carboxylic acids is 3. The molecule has 40 heavy (non-hydrogen) atoms. The van der Waals surface area contributed by atoms with Crippen LogP contribution in [0.3, 0.4) is 0 Å². The number of alkyl halides is 3. The van der Waals surface area contributed by atoms with E-state index in [4.69, 9.17) is 4.74 Å². The molecular formula is C27H37F3N4O6. The first-order chi connectivity index (χ1) is 18.6. The number of halogens is 3. The zero-order valence-electron chi connectivity index (χ0n) is 23.4. The van der Waals surface area contributed by atoms with Crippen LogP contribution in [0.2, 0.25) is 0 Å². The number of piperidine rings is 1. The lowest BCUT2D eigenvalue weighted by Gasteiger charge is -2.42. The van der Waals surface area contributed by atoms with Gasteiger partial charge in [0.15, 0.2) is 5.60 Å². The second-order valence-electron chi connectivity index (χ2n) is 10.6. The van der Waals surface area contributed by atoms with Crippen LogP contribution in [0.5, 0.6) is 5.75 Å². The van der Waals surface area contributed by atoms with E-state index < -0.39 is 52.9 Å². The Kier molecular flexibility index (Phi) is 9.25. The van der Waals surface area contributed by atoms with Gasteiger partial charge in [-0.2, -0.15) is 13.2 Å². The highest BCUT2D eigenvalue weighted by Gasteiger charge is 2.45. The molecule has 2 heterocycles. The van der Waals surface area contributed by atoms with Crippen molar-refractivity contribution in [2.24, 2.45) is 0 Å². The van der Waals surface area contributed by atoms with Gasteiger partial charge in [-0.25, -0.2) is 4.79 Å². The average molecular weight is 571 g/mol. The summed E-state index contributed by atoms with van der Waals surface area (Å²) in [7, 11) is 0. The number of benzene rings is 1. The molecule has 0 aliphatic carbocycles. The van der Waals surface area contributed by atoms with Gasteiger partial charge in [0, 0.05) is 38.6 Å². The number of nitrogens with one attached hydrogen (secondary N) is 1. The van der Waals surface area contributed by atoms with Crippen molar-refractivity contribution in [3.63, 3.8) is 0 Å². The summed E-state index contributed by atoms with van der Waals surface area (Å²) in [5.41, 5.74) is -3.36. The highest BCUT2D eigenvalue weighted by Crippen LogP contribution is 2.44. The Morgan fingerprint density at radius 2 is 1.93 bits per heavy atom. The average Bonchev–Trinajstić information content (AvgIpc) is 2.89. The molecule has 0 radical (unpaired) electrons. The maximum Gasteiger partial charge on any atom is 0.417 e. The normalized spacial score (nSPS) is 19.4. The first-order valence-electron chi connectivity index (χ1n) is 13.5. The fraction of sp³-hybridized carbons (Fsp3) is 0.630. The minimum Gasteiger partial charge on any atom is -0.476 e. The van der Waals surface area contributed by atoms with Crippen LogP contribution in [0.4, 0.5) is 23.7 Å². The van der Waals surface area contributed by atoms with Gasteiger partial charge in [-0.15, -0.1) is 0 Å². The Hall–Kier alpha value is -3.51. The predicted octanol–water partition coefficient (Wildman–Crippen LogP) is 4.12. The van der Waals surface area contributed by atoms with Gasteiger partial charge >= 0.3 is 12.3 Å². The van der Waals surface area contributed by atoms with Crippen LogP contribution in [0.25, 0.3) is 0 Å². The molecule has 1 fully saturated rings. The third kappa shape index (κ3) is 6.44. The molecule has 0 spiro atoms. The van der Waals surface area contributed by atoms with Crippen LogP contribution in [0, 0.1) is 0 Å². The maximum absolute atomic E-state index is 14.4. The third-order valence-electron chi connectivity index (χ3n) is 7.39. The predicted molar refractivity (Wildman–Crippen MR) is 140 cm³/mol. The lowest BCUT2D eigenvalue weighted by Crippen LogP contribution is -2.55. The summed E-state index contributed by atoms with van der Waals surface area (Å²) >= 11 is 0. The van der Waals surface area contributed by atoms with Crippen molar-refractivity contribution in [3.05, 3.63) is 23.3 Å². The second kappa shape index (κ2) is 11.9. The topological polar surface area (TPSA) is 119 Å². The number of ether oxygens (including phenoxy) is 1. The van der Waals surface area contributed by atoms with Gasteiger partial charge in [-0.1, -0.05) is 13.8 Å². The third-order valence-corrected chi connectivity index (χ3v) is 7.39. The van der Waals surface area contributed by atoms with Crippen molar-refractivity contribution in [1.82, 2.24) is 15.1 Å². The van der Waals surface area contributed by atoms with E-state index in [2.05, 4.69) is 5.32 Å². The molecule has 222 valence electrons. The number of anilines is 1. The van der Waals surface area contributed by atoms with E-state index >= 15 is 0 Å². The van der Waals surface area contributed by atoms with Crippen molar-refractivity contribution in [2.75, 3.05) is 31.1 Å². The smallest absolute Gasteiger partial charge is 0.417 e. The van der Waals surface area contributed by atoms with Gasteiger partial charge in [0.2, 0.25) is 5.91 Å². The molecule has 1 aromatic rings. The number of rotatable bonds is 8. The molecule has 1 aromatic carbocycles. The van der Waals surface area contributed by atoms with Gasteiger partial charge in [-0.05, 0) is 52.2 Å². The summed E-state index contributed by atoms with van der Waals surface area (Å²) in [5.74, 6) is -1.90. The van der Waals surface area contributed by atoms with Crippen LogP contribution in [-0.4, -0.2) is 82.6 Å². The van der Waals surface area contributed by atoms with Gasteiger partial charge in [0.1, 0.15) is 5.75 Å². The van der Waals surface area contributed by atoms with E-state index in [1.165, 1.54) is 23.6 Å². The van der Waals surface area contributed by atoms with E-state index in [0.29, 0.717) is 19.3 Å². The van der Waals surface area contributed by atoms with Crippen LogP contribution in [0.1, 0.15) is 76.2 Å². The number of carbonyl (C=O) groups is 4. The summed E-state index contributed by atoms with van der Waals surface area (Å²) < 4.78 is 48.9. The first kappa shape index (κ1) is 31.0. The molecule has 0 saturated carbocycles. The van der Waals surface area contributed by atoms with Crippen molar-refractivity contribution in [1.29, 1.82) is 0 Å². The molecular weight excluding hydrogens is 533 g/mol. The molecule has 1 unspecified atom stereocenters. The number of hydrogen-bond acceptors (Lipinski definition) is 5. The van der Waals surface area contributed by atoms with Gasteiger partial charge in [-0.3, -0.25) is 14.4 Å². The Bertz CT molecular complexity index is 1160. The van der Waals surface area contributed by atoms with Gasteiger partial charge in [0.25, 0.3) is 11.8 Å². The number of hydrogen-bond donors (Lipinski definition) is 2. The van der Waals surface area contributed by atoms with E-state index in [1.807, 2.05) is 0 Å². The van der Waals surface area contributed by atoms with Crippen molar-refractivity contribution >= 4 is 29.5 Å². The van der Waals surface area contributed by atoms with E-state index in [0.717, 1.165) is 17.0 Å². The van der Waals surface area contributed by atoms with E-state index in [-0.39, 0.29) is 49.9 Å². The zero-order valence-corrected chi connectivity index (χ0v) is 23.4. The number of amides is 4. The summed E-state index contributed by atoms with van der Waals surface area (Å²) in [6.07, 6.45) is -4.53. The van der Waals surface area contributed by atoms with Crippen LogP contribution in [0.15, 0.2) is 12.1 Å². The molecule has 13 heteroatoms. The summed E-state index contributed by atoms with van der Waals surface area (Å²) in [4.78, 5) is 54.3. The number of likely N-dealkylation sites (tertiary alicyclic amines) is 1. The largest absolute Gasteiger partial charge is 0.476 e. The molecule has 0 aromatic heterocycles. The fourth-order valence-electron chi connectivity index (χ4n) is 5.10. The number of fused-ring (bicyclic) bond motifs is 1. The molecule has 10 nitrogen and oxygen atoms in total. The number of nitrogens with zero attached hydrogens (tertiary/aromatic N) is 3. The molecule has 2 N–H and O–H groups in total. The van der Waals surface area contributed by atoms with Crippen molar-refractivity contribution in [3.8, 4) is 5.75 Å². The molecule has 0 bridgehead atoms. The SMILES string of the molecule is CCC(=O)NCCN1C(=O)C(C)(C)Oc2cc(C(F)(F)F)c(C(=O)N(C(C)CC)[C@@H]3CCCN(C(=O)O)C3)cc21. The van der Waals surface area contributed by atoms with Crippen LogP contribution < -0.4 is 15.0 Å².